The Balaban J connectivity index is 2.12. The normalized spacial score (nSPS) is 12.6. The molecule has 2 aromatic carbocycles. The number of nitrogens with one attached hydrogen (secondary N) is 2. The summed E-state index contributed by atoms with van der Waals surface area (Å²) in [4.78, 5) is 11.4. The van der Waals surface area contributed by atoms with Gasteiger partial charge in [-0.15, -0.1) is 0 Å². The highest BCUT2D eigenvalue weighted by molar-refractivity contribution is 7.89. The van der Waals surface area contributed by atoms with Gasteiger partial charge in [-0.25, -0.2) is 13.1 Å². The van der Waals surface area contributed by atoms with Crippen LogP contribution in [-0.2, 0) is 14.8 Å². The molecule has 2 N–H and O–H groups in total. The fourth-order valence-corrected chi connectivity index (χ4v) is 3.53. The van der Waals surface area contributed by atoms with Crippen molar-refractivity contribution in [2.45, 2.75) is 37.8 Å². The number of halogens is 2. The van der Waals surface area contributed by atoms with Crippen LogP contribution in [-0.4, -0.2) is 20.9 Å². The van der Waals surface area contributed by atoms with E-state index in [9.17, 15) is 22.0 Å². The molecule has 1 atom stereocenters. The van der Waals surface area contributed by atoms with E-state index >= 15 is 0 Å². The van der Waals surface area contributed by atoms with Gasteiger partial charge in [0.25, 0.3) is 0 Å². The average Bonchev–Trinajstić information content (AvgIpc) is 2.61. The first-order valence-electron chi connectivity index (χ1n) is 8.18. The molecule has 0 heterocycles. The van der Waals surface area contributed by atoms with Gasteiger partial charge >= 0.3 is 6.61 Å². The molecule has 0 fully saturated rings. The standard InChI is InChI=1S/C18H20F2N2O4S/c1-3-17(23)21-14-7-9-16(10-8-14)27(24,25)22-12(2)13-5-4-6-15(11-13)26-18(19)20/h4-12,18,22H,3H2,1-2H3,(H,21,23). The van der Waals surface area contributed by atoms with E-state index in [1.165, 1.54) is 42.5 Å². The Morgan fingerprint density at radius 2 is 1.81 bits per heavy atom. The lowest BCUT2D eigenvalue weighted by atomic mass is 10.1. The van der Waals surface area contributed by atoms with E-state index in [4.69, 9.17) is 0 Å². The predicted molar refractivity (Wildman–Crippen MR) is 97.2 cm³/mol. The first-order valence-corrected chi connectivity index (χ1v) is 9.66. The van der Waals surface area contributed by atoms with E-state index in [0.717, 1.165) is 0 Å². The highest BCUT2D eigenvalue weighted by Crippen LogP contribution is 2.23. The van der Waals surface area contributed by atoms with Crippen molar-refractivity contribution in [1.82, 2.24) is 4.72 Å². The predicted octanol–water partition coefficient (Wildman–Crippen LogP) is 3.68. The van der Waals surface area contributed by atoms with Crippen molar-refractivity contribution in [3.8, 4) is 5.75 Å². The molecular weight excluding hydrogens is 378 g/mol. The van der Waals surface area contributed by atoms with Gasteiger partial charge in [0.05, 0.1) is 4.90 Å². The van der Waals surface area contributed by atoms with Crippen LogP contribution < -0.4 is 14.8 Å². The fraction of sp³-hybridized carbons (Fsp3) is 0.278. The lowest BCUT2D eigenvalue weighted by Crippen LogP contribution is -2.27. The lowest BCUT2D eigenvalue weighted by molar-refractivity contribution is -0.115. The summed E-state index contributed by atoms with van der Waals surface area (Å²) in [6, 6.07) is 10.9. The number of hydrogen-bond acceptors (Lipinski definition) is 4. The van der Waals surface area contributed by atoms with E-state index in [2.05, 4.69) is 14.8 Å². The summed E-state index contributed by atoms with van der Waals surface area (Å²) in [6.07, 6.45) is 0.313. The van der Waals surface area contributed by atoms with Crippen LogP contribution >= 0.6 is 0 Å². The molecule has 0 spiro atoms. The second-order valence-corrected chi connectivity index (χ2v) is 7.43. The molecule has 6 nitrogen and oxygen atoms in total. The number of sulfonamides is 1. The summed E-state index contributed by atoms with van der Waals surface area (Å²) in [6.45, 7) is 0.342. The number of carbonyl (C=O) groups excluding carboxylic acids is 1. The fourth-order valence-electron chi connectivity index (χ4n) is 2.30. The van der Waals surface area contributed by atoms with Crippen LogP contribution in [0.5, 0.6) is 5.75 Å². The van der Waals surface area contributed by atoms with Gasteiger partial charge in [-0.3, -0.25) is 4.79 Å². The molecule has 0 saturated heterocycles. The van der Waals surface area contributed by atoms with Crippen LogP contribution in [0.4, 0.5) is 14.5 Å². The largest absolute Gasteiger partial charge is 0.435 e. The molecule has 0 saturated carbocycles. The highest BCUT2D eigenvalue weighted by atomic mass is 32.2. The number of benzene rings is 2. The summed E-state index contributed by atoms with van der Waals surface area (Å²) >= 11 is 0. The SMILES string of the molecule is CCC(=O)Nc1ccc(S(=O)(=O)NC(C)c2cccc(OC(F)F)c2)cc1. The van der Waals surface area contributed by atoms with Crippen LogP contribution in [0.3, 0.4) is 0 Å². The molecule has 1 unspecified atom stereocenters. The van der Waals surface area contributed by atoms with Gasteiger partial charge < -0.3 is 10.1 Å². The van der Waals surface area contributed by atoms with Crippen molar-refractivity contribution in [2.75, 3.05) is 5.32 Å². The Hall–Kier alpha value is -2.52. The summed E-state index contributed by atoms with van der Waals surface area (Å²) in [5, 5.41) is 2.63. The Kier molecular flexibility index (Phi) is 6.86. The minimum Gasteiger partial charge on any atom is -0.435 e. The van der Waals surface area contributed by atoms with E-state index < -0.39 is 22.7 Å². The van der Waals surface area contributed by atoms with E-state index in [1.807, 2.05) is 0 Å². The molecule has 1 amide bonds. The van der Waals surface area contributed by atoms with Gasteiger partial charge in [0.2, 0.25) is 15.9 Å². The quantitative estimate of drug-likeness (QED) is 0.711. The molecule has 0 aromatic heterocycles. The van der Waals surface area contributed by atoms with Gasteiger partial charge in [0.1, 0.15) is 5.75 Å². The molecule has 27 heavy (non-hydrogen) atoms. The number of anilines is 1. The van der Waals surface area contributed by atoms with E-state index in [-0.39, 0.29) is 16.6 Å². The van der Waals surface area contributed by atoms with Crippen molar-refractivity contribution in [3.63, 3.8) is 0 Å². The van der Waals surface area contributed by atoms with Gasteiger partial charge in [-0.05, 0) is 48.9 Å². The number of alkyl halides is 2. The molecule has 9 heteroatoms. The number of amides is 1. The van der Waals surface area contributed by atoms with Crippen LogP contribution in [0.15, 0.2) is 53.4 Å². The van der Waals surface area contributed by atoms with Gasteiger partial charge in [0.15, 0.2) is 0 Å². The van der Waals surface area contributed by atoms with Crippen LogP contribution in [0.1, 0.15) is 31.9 Å². The topological polar surface area (TPSA) is 84.5 Å². The monoisotopic (exact) mass is 398 g/mol. The van der Waals surface area contributed by atoms with Gasteiger partial charge in [-0.1, -0.05) is 19.1 Å². The zero-order valence-electron chi connectivity index (χ0n) is 14.8. The maximum absolute atomic E-state index is 12.5. The zero-order valence-corrected chi connectivity index (χ0v) is 15.6. The minimum atomic E-state index is -3.85. The summed E-state index contributed by atoms with van der Waals surface area (Å²) < 4.78 is 56.5. The van der Waals surface area contributed by atoms with Crippen LogP contribution in [0, 0.1) is 0 Å². The Morgan fingerprint density at radius 1 is 1.15 bits per heavy atom. The minimum absolute atomic E-state index is 0.0174. The van der Waals surface area contributed by atoms with Crippen molar-refractivity contribution >= 4 is 21.6 Å². The average molecular weight is 398 g/mol. The second-order valence-electron chi connectivity index (χ2n) is 5.72. The Labute approximate surface area is 156 Å². The smallest absolute Gasteiger partial charge is 0.387 e. The third kappa shape index (κ3) is 6.00. The van der Waals surface area contributed by atoms with Crippen LogP contribution in [0.2, 0.25) is 0 Å². The number of ether oxygens (including phenoxy) is 1. The van der Waals surface area contributed by atoms with Crippen molar-refractivity contribution in [3.05, 3.63) is 54.1 Å². The Morgan fingerprint density at radius 3 is 2.41 bits per heavy atom. The van der Waals surface area contributed by atoms with Crippen molar-refractivity contribution < 1.29 is 26.7 Å². The number of hydrogen-bond donors (Lipinski definition) is 2. The lowest BCUT2D eigenvalue weighted by Gasteiger charge is -2.16. The molecule has 0 aliphatic rings. The summed E-state index contributed by atoms with van der Waals surface area (Å²) in [5.41, 5.74) is 0.967. The summed E-state index contributed by atoms with van der Waals surface area (Å²) in [5.74, 6) is -0.229. The maximum atomic E-state index is 12.5. The number of rotatable bonds is 8. The molecule has 2 rings (SSSR count). The van der Waals surface area contributed by atoms with Crippen molar-refractivity contribution in [1.29, 1.82) is 0 Å². The maximum Gasteiger partial charge on any atom is 0.387 e. The third-order valence-electron chi connectivity index (χ3n) is 3.68. The first-order chi connectivity index (χ1) is 12.7. The molecule has 146 valence electrons. The van der Waals surface area contributed by atoms with Gasteiger partial charge in [0, 0.05) is 18.2 Å². The molecule has 2 aromatic rings. The highest BCUT2D eigenvalue weighted by Gasteiger charge is 2.19. The van der Waals surface area contributed by atoms with Crippen molar-refractivity contribution in [2.24, 2.45) is 0 Å². The molecule has 0 aliphatic carbocycles. The molecule has 0 radical (unpaired) electrons. The molecule has 0 aliphatic heterocycles. The van der Waals surface area contributed by atoms with E-state index in [0.29, 0.717) is 17.7 Å². The second kappa shape index (κ2) is 8.92. The zero-order chi connectivity index (χ0) is 20.0. The summed E-state index contributed by atoms with van der Waals surface area (Å²) in [7, 11) is -3.85. The molecular formula is C18H20F2N2O4S. The Bertz CT molecular complexity index is 886. The van der Waals surface area contributed by atoms with Gasteiger partial charge in [-0.2, -0.15) is 8.78 Å². The first kappa shape index (κ1) is 20.8. The number of carbonyl (C=O) groups is 1. The molecule has 0 bridgehead atoms. The third-order valence-corrected chi connectivity index (χ3v) is 5.24. The van der Waals surface area contributed by atoms with Crippen LogP contribution in [0.25, 0.3) is 0 Å². The van der Waals surface area contributed by atoms with E-state index in [1.54, 1.807) is 19.9 Å².